The molecule has 1 aromatic heterocycles. The first-order valence-corrected chi connectivity index (χ1v) is 5.68. The van der Waals surface area contributed by atoms with Crippen molar-refractivity contribution in [3.8, 4) is 5.69 Å². The van der Waals surface area contributed by atoms with Gasteiger partial charge in [-0.05, 0) is 25.1 Å². The number of aromatic nitrogens is 2. The van der Waals surface area contributed by atoms with Gasteiger partial charge in [0.15, 0.2) is 5.69 Å². The summed E-state index contributed by atoms with van der Waals surface area (Å²) in [5, 5.41) is 4.04. The van der Waals surface area contributed by atoms with Crippen molar-refractivity contribution in [2.75, 3.05) is 6.61 Å². The Morgan fingerprint density at radius 2 is 2.28 bits per heavy atom. The van der Waals surface area contributed by atoms with Crippen LogP contribution in [-0.2, 0) is 4.74 Å². The lowest BCUT2D eigenvalue weighted by Gasteiger charge is -2.02. The van der Waals surface area contributed by atoms with E-state index in [1.807, 2.05) is 0 Å². The predicted molar refractivity (Wildman–Crippen MR) is 64.5 cm³/mol. The van der Waals surface area contributed by atoms with Gasteiger partial charge in [-0.3, -0.25) is 0 Å². The predicted octanol–water partition coefficient (Wildman–Crippen LogP) is 2.84. The Hall–Kier alpha value is -1.88. The van der Waals surface area contributed by atoms with E-state index in [1.165, 1.54) is 22.9 Å². The molecule has 0 aliphatic rings. The topological polar surface area (TPSA) is 44.1 Å². The lowest BCUT2D eigenvalue weighted by molar-refractivity contribution is 0.0519. The van der Waals surface area contributed by atoms with Gasteiger partial charge in [0.1, 0.15) is 5.82 Å². The summed E-state index contributed by atoms with van der Waals surface area (Å²) in [6.07, 6.45) is 1.55. The molecule has 0 unspecified atom stereocenters. The van der Waals surface area contributed by atoms with Gasteiger partial charge < -0.3 is 4.74 Å². The number of hydrogen-bond acceptors (Lipinski definition) is 3. The van der Waals surface area contributed by atoms with Crippen LogP contribution in [-0.4, -0.2) is 22.4 Å². The van der Waals surface area contributed by atoms with Gasteiger partial charge in [-0.15, -0.1) is 0 Å². The zero-order valence-corrected chi connectivity index (χ0v) is 10.3. The molecule has 0 atom stereocenters. The maximum absolute atomic E-state index is 13.3. The van der Waals surface area contributed by atoms with Crippen molar-refractivity contribution < 1.29 is 13.9 Å². The molecule has 0 bridgehead atoms. The summed E-state index contributed by atoms with van der Waals surface area (Å²) in [4.78, 5) is 11.4. The molecule has 0 saturated heterocycles. The van der Waals surface area contributed by atoms with Crippen molar-refractivity contribution in [3.05, 3.63) is 47.0 Å². The van der Waals surface area contributed by atoms with Gasteiger partial charge in [-0.25, -0.2) is 13.9 Å². The van der Waals surface area contributed by atoms with E-state index in [2.05, 4.69) is 5.10 Å². The maximum atomic E-state index is 13.3. The Morgan fingerprint density at radius 1 is 1.50 bits per heavy atom. The van der Waals surface area contributed by atoms with Crippen molar-refractivity contribution in [2.45, 2.75) is 6.92 Å². The zero-order chi connectivity index (χ0) is 13.1. The largest absolute Gasteiger partial charge is 0.461 e. The summed E-state index contributed by atoms with van der Waals surface area (Å²) in [7, 11) is 0. The summed E-state index contributed by atoms with van der Waals surface area (Å²) in [6, 6.07) is 5.78. The van der Waals surface area contributed by atoms with Crippen molar-refractivity contribution in [1.29, 1.82) is 0 Å². The molecule has 0 amide bonds. The molecule has 4 nitrogen and oxygen atoms in total. The van der Waals surface area contributed by atoms with Crippen molar-refractivity contribution in [2.24, 2.45) is 0 Å². The number of halogens is 2. The third-order valence-electron chi connectivity index (χ3n) is 2.24. The normalized spacial score (nSPS) is 10.4. The van der Waals surface area contributed by atoms with E-state index >= 15 is 0 Å². The van der Waals surface area contributed by atoms with Crippen molar-refractivity contribution >= 4 is 17.6 Å². The Kier molecular flexibility index (Phi) is 3.62. The highest BCUT2D eigenvalue weighted by Crippen LogP contribution is 2.18. The molecule has 0 aliphatic heterocycles. The van der Waals surface area contributed by atoms with Crippen LogP contribution in [0.1, 0.15) is 17.4 Å². The third kappa shape index (κ3) is 2.51. The highest BCUT2D eigenvalue weighted by Gasteiger charge is 2.11. The average Bonchev–Trinajstić information content (AvgIpc) is 2.82. The van der Waals surface area contributed by atoms with Gasteiger partial charge in [-0.1, -0.05) is 11.6 Å². The Morgan fingerprint density at radius 3 is 2.94 bits per heavy atom. The van der Waals surface area contributed by atoms with Crippen LogP contribution in [0, 0.1) is 5.82 Å². The second-order valence-electron chi connectivity index (χ2n) is 3.46. The number of ether oxygens (including phenoxy) is 1. The second kappa shape index (κ2) is 5.18. The van der Waals surface area contributed by atoms with E-state index in [0.29, 0.717) is 5.69 Å². The minimum Gasteiger partial charge on any atom is -0.461 e. The van der Waals surface area contributed by atoms with Gasteiger partial charge in [-0.2, -0.15) is 5.10 Å². The number of carbonyl (C=O) groups excluding carboxylic acids is 1. The van der Waals surface area contributed by atoms with E-state index in [-0.39, 0.29) is 17.3 Å². The summed E-state index contributed by atoms with van der Waals surface area (Å²) in [5.74, 6) is -1.05. The molecule has 2 rings (SSSR count). The van der Waals surface area contributed by atoms with Crippen LogP contribution < -0.4 is 0 Å². The molecular weight excluding hydrogens is 259 g/mol. The monoisotopic (exact) mass is 268 g/mol. The molecule has 0 N–H and O–H groups in total. The Bertz CT molecular complexity index is 583. The number of carbonyl (C=O) groups is 1. The van der Waals surface area contributed by atoms with Gasteiger partial charge in [0.05, 0.1) is 17.3 Å². The molecule has 0 spiro atoms. The number of hydrogen-bond donors (Lipinski definition) is 0. The van der Waals surface area contributed by atoms with Crippen LogP contribution in [0.5, 0.6) is 0 Å². The number of benzene rings is 1. The van der Waals surface area contributed by atoms with Crippen LogP contribution in [0.4, 0.5) is 4.39 Å². The minimum atomic E-state index is -0.539. The molecule has 2 aromatic rings. The van der Waals surface area contributed by atoms with Crippen LogP contribution in [0.15, 0.2) is 30.5 Å². The highest BCUT2D eigenvalue weighted by molar-refractivity contribution is 6.30. The third-order valence-corrected chi connectivity index (χ3v) is 2.55. The SMILES string of the molecule is CCOC(=O)c1ccn(-c2ccc(Cl)c(F)c2)n1. The first-order chi connectivity index (χ1) is 8.61. The number of esters is 1. The molecule has 0 saturated carbocycles. The smallest absolute Gasteiger partial charge is 0.358 e. The summed E-state index contributed by atoms with van der Waals surface area (Å²) in [6.45, 7) is 1.99. The van der Waals surface area contributed by atoms with Gasteiger partial charge in [0.25, 0.3) is 0 Å². The number of nitrogens with zero attached hydrogens (tertiary/aromatic N) is 2. The second-order valence-corrected chi connectivity index (χ2v) is 3.87. The first-order valence-electron chi connectivity index (χ1n) is 5.30. The van der Waals surface area contributed by atoms with E-state index in [9.17, 15) is 9.18 Å². The van der Waals surface area contributed by atoms with Crippen LogP contribution in [0.3, 0.4) is 0 Å². The van der Waals surface area contributed by atoms with E-state index in [4.69, 9.17) is 16.3 Å². The molecule has 0 radical (unpaired) electrons. The summed E-state index contributed by atoms with van der Waals surface area (Å²) < 4.78 is 19.5. The molecule has 0 fully saturated rings. The van der Waals surface area contributed by atoms with E-state index in [0.717, 1.165) is 0 Å². The van der Waals surface area contributed by atoms with Crippen molar-refractivity contribution in [1.82, 2.24) is 9.78 Å². The lowest BCUT2D eigenvalue weighted by atomic mass is 10.3. The minimum absolute atomic E-state index is 0.0384. The highest BCUT2D eigenvalue weighted by atomic mass is 35.5. The Labute approximate surface area is 108 Å². The molecule has 1 heterocycles. The molecule has 0 aliphatic carbocycles. The maximum Gasteiger partial charge on any atom is 0.358 e. The fourth-order valence-corrected chi connectivity index (χ4v) is 1.53. The molecular formula is C12H10ClFN2O2. The zero-order valence-electron chi connectivity index (χ0n) is 9.56. The summed E-state index contributed by atoms with van der Waals surface area (Å²) >= 11 is 5.59. The molecule has 6 heteroatoms. The quantitative estimate of drug-likeness (QED) is 0.804. The van der Waals surface area contributed by atoms with E-state index in [1.54, 1.807) is 19.2 Å². The molecule has 1 aromatic carbocycles. The fourth-order valence-electron chi connectivity index (χ4n) is 1.41. The van der Waals surface area contributed by atoms with Gasteiger partial charge in [0.2, 0.25) is 0 Å². The molecule has 18 heavy (non-hydrogen) atoms. The van der Waals surface area contributed by atoms with E-state index < -0.39 is 11.8 Å². The average molecular weight is 269 g/mol. The molecule has 94 valence electrons. The van der Waals surface area contributed by atoms with Gasteiger partial charge in [0, 0.05) is 12.3 Å². The van der Waals surface area contributed by atoms with Crippen LogP contribution >= 0.6 is 11.6 Å². The lowest BCUT2D eigenvalue weighted by Crippen LogP contribution is -2.06. The first kappa shape index (κ1) is 12.6. The van der Waals surface area contributed by atoms with Crippen LogP contribution in [0.2, 0.25) is 5.02 Å². The summed E-state index contributed by atoms with van der Waals surface area (Å²) in [5.41, 5.74) is 0.652. The van der Waals surface area contributed by atoms with Crippen LogP contribution in [0.25, 0.3) is 5.69 Å². The number of rotatable bonds is 3. The van der Waals surface area contributed by atoms with Crippen molar-refractivity contribution in [3.63, 3.8) is 0 Å². The fraction of sp³-hybridized carbons (Fsp3) is 0.167. The van der Waals surface area contributed by atoms with Gasteiger partial charge >= 0.3 is 5.97 Å². The Balaban J connectivity index is 2.29. The standard InChI is InChI=1S/C12H10ClFN2O2/c1-2-18-12(17)11-5-6-16(15-11)8-3-4-9(13)10(14)7-8/h3-7H,2H2,1H3.